The van der Waals surface area contributed by atoms with Crippen LogP contribution in [0.3, 0.4) is 0 Å². The Morgan fingerprint density at radius 2 is 1.27 bits per heavy atom. The van der Waals surface area contributed by atoms with E-state index in [0.717, 1.165) is 57.3 Å². The van der Waals surface area contributed by atoms with E-state index in [-0.39, 0.29) is 23.3 Å². The summed E-state index contributed by atoms with van der Waals surface area (Å²) >= 11 is 0. The van der Waals surface area contributed by atoms with Gasteiger partial charge in [-0.15, -0.1) is 0 Å². The zero-order valence-corrected chi connectivity index (χ0v) is 22.3. The molecular weight excluding hydrogens is 472 g/mol. The van der Waals surface area contributed by atoms with Crippen LogP contribution in [0.25, 0.3) is 0 Å². The molecule has 4 rings (SSSR count). The number of hydrogen-bond donors (Lipinski definition) is 0. The number of hydrogen-bond acceptors (Lipinski definition) is 0. The SMILES string of the molecule is CCCCc1ccc(C2CCC(C#Cc3ccc(C4CCC(CCC)CC4)c(F)c3F)CC2)c(F)c1F. The molecule has 2 aliphatic rings. The lowest BCUT2D eigenvalue weighted by Crippen LogP contribution is -2.15. The van der Waals surface area contributed by atoms with Crippen molar-refractivity contribution in [2.24, 2.45) is 11.8 Å². The molecule has 0 aromatic heterocycles. The standard InChI is InChI=1S/C33H40F4/c1-3-5-7-26-18-20-28(32(36)30(26)34)25-15-10-23(11-16-25)12-17-27-19-21-29(33(37)31(27)35)24-13-8-22(6-4-2)9-14-24/h18-25H,3-11,13-16H2,1-2H3. The molecular formula is C33H40F4. The van der Waals surface area contributed by atoms with Gasteiger partial charge in [-0.05, 0) is 105 Å². The fourth-order valence-corrected chi connectivity index (χ4v) is 6.36. The van der Waals surface area contributed by atoms with Crippen LogP contribution in [0.5, 0.6) is 0 Å². The van der Waals surface area contributed by atoms with E-state index < -0.39 is 23.3 Å². The largest absolute Gasteiger partial charge is 0.203 e. The molecule has 2 saturated carbocycles. The third-order valence-electron chi connectivity index (χ3n) is 8.67. The summed E-state index contributed by atoms with van der Waals surface area (Å²) in [5, 5.41) is 0. The highest BCUT2D eigenvalue weighted by atomic mass is 19.2. The fourth-order valence-electron chi connectivity index (χ4n) is 6.36. The van der Waals surface area contributed by atoms with E-state index >= 15 is 0 Å². The summed E-state index contributed by atoms with van der Waals surface area (Å²) in [6, 6.07) is 6.83. The first-order valence-electron chi connectivity index (χ1n) is 14.4. The summed E-state index contributed by atoms with van der Waals surface area (Å²) in [6.07, 6.45) is 11.6. The van der Waals surface area contributed by atoms with Crippen molar-refractivity contribution in [2.75, 3.05) is 0 Å². The van der Waals surface area contributed by atoms with Gasteiger partial charge in [0.2, 0.25) is 0 Å². The summed E-state index contributed by atoms with van der Waals surface area (Å²) in [4.78, 5) is 0. The molecule has 200 valence electrons. The molecule has 0 N–H and O–H groups in total. The van der Waals surface area contributed by atoms with Gasteiger partial charge in [-0.2, -0.15) is 0 Å². The smallest absolute Gasteiger partial charge is 0.174 e. The molecule has 0 amide bonds. The monoisotopic (exact) mass is 512 g/mol. The summed E-state index contributed by atoms with van der Waals surface area (Å²) in [5.41, 5.74) is 1.51. The Kier molecular flexibility index (Phi) is 9.74. The number of aryl methyl sites for hydroxylation is 1. The molecule has 0 unspecified atom stereocenters. The van der Waals surface area contributed by atoms with Crippen LogP contribution < -0.4 is 0 Å². The molecule has 4 heteroatoms. The summed E-state index contributed by atoms with van der Waals surface area (Å²) < 4.78 is 59.1. The van der Waals surface area contributed by atoms with E-state index in [1.165, 1.54) is 12.8 Å². The van der Waals surface area contributed by atoms with Crippen LogP contribution in [0.1, 0.15) is 125 Å². The van der Waals surface area contributed by atoms with Crippen LogP contribution in [-0.2, 0) is 6.42 Å². The van der Waals surface area contributed by atoms with Gasteiger partial charge in [0.05, 0.1) is 5.56 Å². The minimum Gasteiger partial charge on any atom is -0.203 e. The molecule has 0 atom stereocenters. The number of rotatable bonds is 7. The normalized spacial score (nSPS) is 23.9. The van der Waals surface area contributed by atoms with Gasteiger partial charge < -0.3 is 0 Å². The van der Waals surface area contributed by atoms with Crippen molar-refractivity contribution in [3.63, 3.8) is 0 Å². The third kappa shape index (κ3) is 6.60. The fraction of sp³-hybridized carbons (Fsp3) is 0.576. The lowest BCUT2D eigenvalue weighted by Gasteiger charge is -2.29. The van der Waals surface area contributed by atoms with Crippen molar-refractivity contribution in [3.05, 3.63) is 69.8 Å². The zero-order chi connectivity index (χ0) is 26.4. The zero-order valence-electron chi connectivity index (χ0n) is 22.3. The second kappa shape index (κ2) is 13.0. The highest BCUT2D eigenvalue weighted by Gasteiger charge is 2.27. The Labute approximate surface area is 220 Å². The maximum atomic E-state index is 15.0. The average molecular weight is 513 g/mol. The second-order valence-electron chi connectivity index (χ2n) is 11.2. The predicted octanol–water partition coefficient (Wildman–Crippen LogP) is 9.98. The van der Waals surface area contributed by atoms with Crippen molar-refractivity contribution in [2.45, 2.75) is 109 Å². The molecule has 2 aliphatic carbocycles. The molecule has 2 aromatic carbocycles. The van der Waals surface area contributed by atoms with E-state index in [4.69, 9.17) is 0 Å². The Morgan fingerprint density at radius 1 is 0.676 bits per heavy atom. The quantitative estimate of drug-likeness (QED) is 0.256. The predicted molar refractivity (Wildman–Crippen MR) is 143 cm³/mol. The van der Waals surface area contributed by atoms with Gasteiger partial charge >= 0.3 is 0 Å². The van der Waals surface area contributed by atoms with E-state index in [9.17, 15) is 17.6 Å². The topological polar surface area (TPSA) is 0 Å². The minimum absolute atomic E-state index is 0.0337. The van der Waals surface area contributed by atoms with Gasteiger partial charge in [0.15, 0.2) is 23.3 Å². The molecule has 0 saturated heterocycles. The van der Waals surface area contributed by atoms with Crippen LogP contribution in [-0.4, -0.2) is 0 Å². The van der Waals surface area contributed by atoms with Gasteiger partial charge in [0.25, 0.3) is 0 Å². The molecule has 2 aromatic rings. The van der Waals surface area contributed by atoms with E-state index in [1.54, 1.807) is 24.3 Å². The first-order chi connectivity index (χ1) is 17.9. The Hall–Kier alpha value is -2.28. The highest BCUT2D eigenvalue weighted by Crippen LogP contribution is 2.40. The molecule has 0 nitrogen and oxygen atoms in total. The van der Waals surface area contributed by atoms with Crippen LogP contribution >= 0.6 is 0 Å². The molecule has 0 heterocycles. The Balaban J connectivity index is 1.36. The van der Waals surface area contributed by atoms with Crippen molar-refractivity contribution >= 4 is 0 Å². The van der Waals surface area contributed by atoms with Crippen LogP contribution in [0, 0.1) is 46.9 Å². The van der Waals surface area contributed by atoms with Crippen LogP contribution in [0.2, 0.25) is 0 Å². The van der Waals surface area contributed by atoms with Gasteiger partial charge in [-0.25, -0.2) is 17.6 Å². The van der Waals surface area contributed by atoms with Crippen molar-refractivity contribution in [1.29, 1.82) is 0 Å². The summed E-state index contributed by atoms with van der Waals surface area (Å²) in [5.74, 6) is 3.84. The number of unbranched alkanes of at least 4 members (excludes halogenated alkanes) is 1. The molecule has 0 radical (unpaired) electrons. The maximum absolute atomic E-state index is 15.0. The molecule has 0 bridgehead atoms. The molecule has 0 spiro atoms. The maximum Gasteiger partial charge on any atom is 0.174 e. The lowest BCUT2D eigenvalue weighted by atomic mass is 9.77. The summed E-state index contributed by atoms with van der Waals surface area (Å²) in [6.45, 7) is 4.23. The molecule has 2 fully saturated rings. The van der Waals surface area contributed by atoms with Gasteiger partial charge in [0, 0.05) is 5.92 Å². The summed E-state index contributed by atoms with van der Waals surface area (Å²) in [7, 11) is 0. The lowest BCUT2D eigenvalue weighted by molar-refractivity contribution is 0.303. The van der Waals surface area contributed by atoms with Gasteiger partial charge in [0.1, 0.15) is 0 Å². The Morgan fingerprint density at radius 3 is 1.89 bits per heavy atom. The van der Waals surface area contributed by atoms with Crippen LogP contribution in [0.15, 0.2) is 24.3 Å². The van der Waals surface area contributed by atoms with Gasteiger partial charge in [-0.1, -0.05) is 63.1 Å². The highest BCUT2D eigenvalue weighted by molar-refractivity contribution is 5.40. The van der Waals surface area contributed by atoms with E-state index in [2.05, 4.69) is 18.8 Å². The van der Waals surface area contributed by atoms with Gasteiger partial charge in [-0.3, -0.25) is 0 Å². The van der Waals surface area contributed by atoms with Crippen molar-refractivity contribution in [3.8, 4) is 11.8 Å². The van der Waals surface area contributed by atoms with E-state index in [1.807, 2.05) is 6.92 Å². The average Bonchev–Trinajstić information content (AvgIpc) is 2.92. The molecule has 0 aliphatic heterocycles. The second-order valence-corrected chi connectivity index (χ2v) is 11.2. The van der Waals surface area contributed by atoms with Crippen molar-refractivity contribution in [1.82, 2.24) is 0 Å². The number of halogens is 4. The molecule has 37 heavy (non-hydrogen) atoms. The van der Waals surface area contributed by atoms with Crippen LogP contribution in [0.4, 0.5) is 17.6 Å². The minimum atomic E-state index is -0.838. The number of benzene rings is 2. The Bertz CT molecular complexity index is 1110. The van der Waals surface area contributed by atoms with Crippen molar-refractivity contribution < 1.29 is 17.6 Å². The van der Waals surface area contributed by atoms with E-state index in [0.29, 0.717) is 36.0 Å². The third-order valence-corrected chi connectivity index (χ3v) is 8.67. The first-order valence-corrected chi connectivity index (χ1v) is 14.4. The first kappa shape index (κ1) is 27.7.